The minimum atomic E-state index is -4.05. The molecule has 0 aliphatic heterocycles. The van der Waals surface area contributed by atoms with Gasteiger partial charge in [0.25, 0.3) is 0 Å². The summed E-state index contributed by atoms with van der Waals surface area (Å²) in [6.07, 6.45) is -2.29. The first-order valence-corrected chi connectivity index (χ1v) is 13.7. The average molecular weight is 495 g/mol. The molecule has 0 bridgehead atoms. The Bertz CT molecular complexity index is 1390. The van der Waals surface area contributed by atoms with Gasteiger partial charge in [-0.1, -0.05) is 127 Å². The first kappa shape index (κ1) is 23.8. The minimum absolute atomic E-state index is 0.00383. The highest BCUT2D eigenvalue weighted by Crippen LogP contribution is 2.36. The Morgan fingerprint density at radius 3 is 1.50 bits per heavy atom. The number of hydrogen-bond acceptors (Lipinski definition) is 2. The third kappa shape index (κ3) is 3.96. The highest BCUT2D eigenvalue weighted by Gasteiger charge is 2.60. The number of halogens is 2. The monoisotopic (exact) mass is 494 g/mol. The molecule has 0 aliphatic rings. The van der Waals surface area contributed by atoms with Crippen molar-refractivity contribution in [1.29, 1.82) is 0 Å². The Kier molecular flexibility index (Phi) is 6.35. The number of carbonyl (C=O) groups is 1. The molecule has 1 atom stereocenters. The number of hydrogen-bond donors (Lipinski definition) is 1. The van der Waals surface area contributed by atoms with Crippen molar-refractivity contribution in [2.75, 3.05) is 0 Å². The maximum Gasteiger partial charge on any atom is 0.331 e. The van der Waals surface area contributed by atoms with Crippen LogP contribution in [0.1, 0.15) is 11.7 Å². The van der Waals surface area contributed by atoms with Crippen LogP contribution in [0, 0.1) is 0 Å². The van der Waals surface area contributed by atoms with Crippen LogP contribution in [0.4, 0.5) is 8.78 Å². The van der Waals surface area contributed by atoms with Crippen molar-refractivity contribution < 1.29 is 18.7 Å². The minimum Gasteiger partial charge on any atom is -0.382 e. The van der Waals surface area contributed by atoms with Crippen LogP contribution >= 0.6 is 0 Å². The van der Waals surface area contributed by atoms with Crippen LogP contribution in [0.25, 0.3) is 10.8 Å². The first-order valence-electron chi connectivity index (χ1n) is 11.7. The third-order valence-electron chi connectivity index (χ3n) is 6.70. The summed E-state index contributed by atoms with van der Waals surface area (Å²) in [5.41, 5.74) is 0.00383. The van der Waals surface area contributed by atoms with Crippen LogP contribution in [-0.2, 0) is 4.79 Å². The zero-order valence-electron chi connectivity index (χ0n) is 19.4. The molecular weight excluding hydrogens is 470 g/mol. The van der Waals surface area contributed by atoms with Crippen molar-refractivity contribution in [1.82, 2.24) is 0 Å². The Balaban J connectivity index is 1.72. The zero-order valence-corrected chi connectivity index (χ0v) is 20.4. The van der Waals surface area contributed by atoms with Crippen molar-refractivity contribution in [2.45, 2.75) is 12.0 Å². The number of benzene rings is 5. The lowest BCUT2D eigenvalue weighted by Crippen LogP contribution is -2.76. The molecule has 0 saturated heterocycles. The van der Waals surface area contributed by atoms with Crippen LogP contribution in [-0.4, -0.2) is 24.5 Å². The zero-order chi connectivity index (χ0) is 25.2. The van der Waals surface area contributed by atoms with E-state index in [1.807, 2.05) is 12.1 Å². The molecule has 2 nitrogen and oxygen atoms in total. The molecule has 0 saturated carbocycles. The van der Waals surface area contributed by atoms with Crippen LogP contribution in [0.3, 0.4) is 0 Å². The summed E-state index contributed by atoms with van der Waals surface area (Å²) in [6, 6.07) is 38.4. The van der Waals surface area contributed by atoms with E-state index in [9.17, 15) is 9.90 Å². The molecule has 0 aliphatic carbocycles. The normalized spacial score (nSPS) is 12.9. The van der Waals surface area contributed by atoms with Crippen LogP contribution in [0.15, 0.2) is 133 Å². The predicted molar refractivity (Wildman–Crippen MR) is 143 cm³/mol. The number of alkyl halides is 2. The lowest BCUT2D eigenvalue weighted by atomic mass is 10.0. The maximum absolute atomic E-state index is 16.3. The summed E-state index contributed by atoms with van der Waals surface area (Å²) in [7, 11) is -3.96. The lowest BCUT2D eigenvalue weighted by Gasteiger charge is -2.36. The van der Waals surface area contributed by atoms with E-state index in [4.69, 9.17) is 0 Å². The fourth-order valence-electron chi connectivity index (χ4n) is 4.92. The summed E-state index contributed by atoms with van der Waals surface area (Å²) >= 11 is 0. The molecule has 1 N–H and O–H groups in total. The Morgan fingerprint density at radius 1 is 0.611 bits per heavy atom. The van der Waals surface area contributed by atoms with E-state index >= 15 is 8.78 Å². The fraction of sp³-hybridized carbons (Fsp3) is 0.0645. The second-order valence-electron chi connectivity index (χ2n) is 8.81. The van der Waals surface area contributed by atoms with E-state index in [2.05, 4.69) is 0 Å². The molecule has 5 aromatic carbocycles. The first-order chi connectivity index (χ1) is 17.5. The van der Waals surface area contributed by atoms with Gasteiger partial charge < -0.3 is 5.11 Å². The van der Waals surface area contributed by atoms with Gasteiger partial charge in [-0.3, -0.25) is 4.79 Å². The molecule has 0 radical (unpaired) electrons. The van der Waals surface area contributed by atoms with Gasteiger partial charge in [-0.05, 0) is 38.0 Å². The molecular formula is C31H24F2O2Si. The Labute approximate surface area is 209 Å². The molecule has 1 unspecified atom stereocenters. The van der Waals surface area contributed by atoms with Gasteiger partial charge in [0.05, 0.1) is 0 Å². The lowest BCUT2D eigenvalue weighted by molar-refractivity contribution is -0.153. The molecule has 0 heterocycles. The summed E-state index contributed by atoms with van der Waals surface area (Å²) in [4.78, 5) is 14.3. The molecule has 0 spiro atoms. The van der Waals surface area contributed by atoms with Gasteiger partial charge in [-0.15, -0.1) is 0 Å². The molecule has 36 heavy (non-hydrogen) atoms. The number of carbonyl (C=O) groups excluding carboxylic acids is 1. The Hall–Kier alpha value is -3.93. The predicted octanol–water partition coefficient (Wildman–Crippen LogP) is 4.79. The molecule has 5 rings (SSSR count). The van der Waals surface area contributed by atoms with E-state index in [0.717, 1.165) is 10.8 Å². The van der Waals surface area contributed by atoms with Crippen molar-refractivity contribution in [2.24, 2.45) is 0 Å². The molecule has 0 fully saturated rings. The molecule has 0 amide bonds. The number of fused-ring (bicyclic) bond motifs is 1. The highest BCUT2D eigenvalue weighted by molar-refractivity contribution is 7.30. The van der Waals surface area contributed by atoms with Gasteiger partial charge in [-0.2, -0.15) is 8.78 Å². The molecule has 5 heteroatoms. The molecule has 5 aromatic rings. The van der Waals surface area contributed by atoms with Gasteiger partial charge in [-0.25, -0.2) is 0 Å². The smallest absolute Gasteiger partial charge is 0.331 e. The van der Waals surface area contributed by atoms with Gasteiger partial charge in [0.15, 0.2) is 5.41 Å². The maximum atomic E-state index is 16.3. The van der Waals surface area contributed by atoms with Gasteiger partial charge in [0, 0.05) is 0 Å². The van der Waals surface area contributed by atoms with Crippen molar-refractivity contribution in [3.63, 3.8) is 0 Å². The quantitative estimate of drug-likeness (QED) is 0.261. The highest BCUT2D eigenvalue weighted by atomic mass is 28.3. The van der Waals surface area contributed by atoms with Gasteiger partial charge in [0.1, 0.15) is 6.10 Å². The van der Waals surface area contributed by atoms with Crippen LogP contribution in [0.2, 0.25) is 0 Å². The summed E-state index contributed by atoms with van der Waals surface area (Å²) in [6.45, 7) is 0. The number of aliphatic hydroxyl groups is 1. The van der Waals surface area contributed by atoms with Gasteiger partial charge in [0.2, 0.25) is 8.07 Å². The Morgan fingerprint density at radius 2 is 1.03 bits per heavy atom. The van der Waals surface area contributed by atoms with Gasteiger partial charge >= 0.3 is 5.92 Å². The van der Waals surface area contributed by atoms with Crippen molar-refractivity contribution >= 4 is 39.8 Å². The number of rotatable bonds is 7. The summed E-state index contributed by atoms with van der Waals surface area (Å²) in [5, 5.41) is 13.0. The molecule has 0 aromatic heterocycles. The summed E-state index contributed by atoms with van der Waals surface area (Å²) in [5.74, 6) is -4.05. The largest absolute Gasteiger partial charge is 0.382 e. The van der Waals surface area contributed by atoms with E-state index in [-0.39, 0.29) is 5.56 Å². The third-order valence-corrected chi connectivity index (χ3v) is 11.3. The topological polar surface area (TPSA) is 37.3 Å². The van der Waals surface area contributed by atoms with Crippen LogP contribution in [0.5, 0.6) is 0 Å². The number of aliphatic hydroxyl groups excluding tert-OH is 1. The van der Waals surface area contributed by atoms with E-state index in [1.165, 1.54) is 12.1 Å². The van der Waals surface area contributed by atoms with E-state index < -0.39 is 25.5 Å². The van der Waals surface area contributed by atoms with E-state index in [0.29, 0.717) is 15.6 Å². The van der Waals surface area contributed by atoms with Crippen molar-refractivity contribution in [3.05, 3.63) is 139 Å². The van der Waals surface area contributed by atoms with Crippen molar-refractivity contribution in [3.8, 4) is 0 Å². The van der Waals surface area contributed by atoms with Crippen LogP contribution < -0.4 is 15.6 Å². The summed E-state index contributed by atoms with van der Waals surface area (Å²) < 4.78 is 32.6. The molecule has 178 valence electrons. The second kappa shape index (κ2) is 9.61. The van der Waals surface area contributed by atoms with E-state index in [1.54, 1.807) is 109 Å². The average Bonchev–Trinajstić information content (AvgIpc) is 2.94. The second-order valence-corrected chi connectivity index (χ2v) is 12.5. The SMILES string of the molecule is O=C(C(F)(F)C(O)c1ccc2ccccc2c1)[Si](c1ccccc1)(c1ccccc1)c1ccccc1. The fourth-order valence-corrected chi connectivity index (χ4v) is 9.42. The standard InChI is InChI=1S/C31H24F2O2Si/c32-31(33,29(34)25-21-20-23-12-10-11-13-24(23)22-25)30(35)36(26-14-4-1-5-15-26,27-16-6-2-7-17-27)28-18-8-3-9-19-28/h1-22,29,34H.